The summed E-state index contributed by atoms with van der Waals surface area (Å²) in [6, 6.07) is 3.23. The molecule has 0 unspecified atom stereocenters. The molecule has 1 aliphatic rings. The number of amides is 1. The van der Waals surface area contributed by atoms with Gasteiger partial charge in [-0.05, 0) is 31.0 Å². The van der Waals surface area contributed by atoms with Crippen molar-refractivity contribution in [3.05, 3.63) is 35.1 Å². The van der Waals surface area contributed by atoms with Crippen LogP contribution in [0.3, 0.4) is 0 Å². The largest absolute Gasteiger partial charge is 0.381 e. The SMILES string of the molecule is COC1CCN(c2ncc(C(=O)Nc3ccc(F)cc3S(C)(=O)=O)s2)CC1. The number of nitrogens with zero attached hydrogens (tertiary/aromatic N) is 2. The molecule has 27 heavy (non-hydrogen) atoms. The van der Waals surface area contributed by atoms with E-state index >= 15 is 0 Å². The normalized spacial score (nSPS) is 15.7. The third-order valence-electron chi connectivity index (χ3n) is 4.35. The Hall–Kier alpha value is -2.04. The van der Waals surface area contributed by atoms with Gasteiger partial charge in [0.2, 0.25) is 0 Å². The number of carbonyl (C=O) groups is 1. The number of ether oxygens (including phenoxy) is 1. The number of piperidine rings is 1. The van der Waals surface area contributed by atoms with Gasteiger partial charge in [-0.2, -0.15) is 0 Å². The van der Waals surface area contributed by atoms with E-state index in [0.29, 0.717) is 4.88 Å². The van der Waals surface area contributed by atoms with Crippen LogP contribution in [0.15, 0.2) is 29.3 Å². The van der Waals surface area contributed by atoms with Crippen LogP contribution < -0.4 is 10.2 Å². The number of sulfone groups is 1. The molecule has 2 heterocycles. The Morgan fingerprint density at radius 2 is 2.07 bits per heavy atom. The summed E-state index contributed by atoms with van der Waals surface area (Å²) in [5, 5.41) is 3.27. The smallest absolute Gasteiger partial charge is 0.267 e. The number of hydrogen-bond donors (Lipinski definition) is 1. The lowest BCUT2D eigenvalue weighted by Crippen LogP contribution is -2.36. The minimum absolute atomic E-state index is 0.0414. The first-order valence-electron chi connectivity index (χ1n) is 8.32. The number of thiazole rings is 1. The summed E-state index contributed by atoms with van der Waals surface area (Å²) in [6.45, 7) is 1.59. The summed E-state index contributed by atoms with van der Waals surface area (Å²) in [5.41, 5.74) is 0.0414. The predicted molar refractivity (Wildman–Crippen MR) is 102 cm³/mol. The molecule has 1 N–H and O–H groups in total. The van der Waals surface area contributed by atoms with Crippen molar-refractivity contribution in [2.45, 2.75) is 23.8 Å². The molecule has 2 aromatic rings. The first kappa shape index (κ1) is 19.7. The van der Waals surface area contributed by atoms with E-state index in [1.807, 2.05) is 0 Å². The Kier molecular flexibility index (Phi) is 5.78. The average molecular weight is 413 g/mol. The van der Waals surface area contributed by atoms with Crippen LogP contribution in [0.5, 0.6) is 0 Å². The molecule has 0 atom stereocenters. The summed E-state index contributed by atoms with van der Waals surface area (Å²) in [6.07, 6.45) is 4.46. The topological polar surface area (TPSA) is 88.6 Å². The van der Waals surface area contributed by atoms with Crippen molar-refractivity contribution in [2.75, 3.05) is 36.7 Å². The zero-order valence-electron chi connectivity index (χ0n) is 14.9. The fourth-order valence-corrected chi connectivity index (χ4v) is 4.60. The number of benzene rings is 1. The van der Waals surface area contributed by atoms with Crippen molar-refractivity contribution in [3.8, 4) is 0 Å². The molecule has 0 bridgehead atoms. The van der Waals surface area contributed by atoms with E-state index in [1.54, 1.807) is 7.11 Å². The Morgan fingerprint density at radius 1 is 1.37 bits per heavy atom. The van der Waals surface area contributed by atoms with Crippen molar-refractivity contribution >= 4 is 37.9 Å². The van der Waals surface area contributed by atoms with Gasteiger partial charge in [0.05, 0.1) is 22.9 Å². The van der Waals surface area contributed by atoms with Gasteiger partial charge in [0.1, 0.15) is 10.7 Å². The molecule has 7 nitrogen and oxygen atoms in total. The van der Waals surface area contributed by atoms with E-state index in [-0.39, 0.29) is 16.7 Å². The molecule has 0 spiro atoms. The van der Waals surface area contributed by atoms with Gasteiger partial charge < -0.3 is 15.0 Å². The predicted octanol–water partition coefficient (Wildman–Crippen LogP) is 2.55. The number of methoxy groups -OCH3 is 1. The lowest BCUT2D eigenvalue weighted by atomic mass is 10.1. The number of hydrogen-bond acceptors (Lipinski definition) is 7. The Balaban J connectivity index is 1.74. The number of rotatable bonds is 5. The molecule has 1 aromatic heterocycles. The summed E-state index contributed by atoms with van der Waals surface area (Å²) in [4.78, 5) is 19.0. The van der Waals surface area contributed by atoms with Crippen molar-refractivity contribution < 1.29 is 22.3 Å². The van der Waals surface area contributed by atoms with E-state index in [1.165, 1.54) is 23.6 Å². The minimum Gasteiger partial charge on any atom is -0.381 e. The zero-order valence-corrected chi connectivity index (χ0v) is 16.6. The summed E-state index contributed by atoms with van der Waals surface area (Å²) >= 11 is 1.23. The fraction of sp³-hybridized carbons (Fsp3) is 0.412. The molecule has 1 saturated heterocycles. The average Bonchev–Trinajstić information content (AvgIpc) is 3.12. The second-order valence-corrected chi connectivity index (χ2v) is 9.29. The number of nitrogens with one attached hydrogen (secondary N) is 1. The van der Waals surface area contributed by atoms with Crippen LogP contribution in [0.4, 0.5) is 15.2 Å². The molecule has 10 heteroatoms. The van der Waals surface area contributed by atoms with Crippen LogP contribution in [0.25, 0.3) is 0 Å². The Labute approximate surface area is 161 Å². The molecule has 1 aromatic carbocycles. The maximum atomic E-state index is 13.4. The van der Waals surface area contributed by atoms with E-state index in [2.05, 4.69) is 15.2 Å². The highest BCUT2D eigenvalue weighted by atomic mass is 32.2. The minimum atomic E-state index is -3.69. The summed E-state index contributed by atoms with van der Waals surface area (Å²) in [5.74, 6) is -1.17. The molecule has 1 fully saturated rings. The zero-order chi connectivity index (χ0) is 19.6. The molecular weight excluding hydrogens is 393 g/mol. The van der Waals surface area contributed by atoms with Crippen molar-refractivity contribution in [3.63, 3.8) is 0 Å². The number of carbonyl (C=O) groups excluding carboxylic acids is 1. The molecule has 1 aliphatic heterocycles. The highest BCUT2D eigenvalue weighted by Crippen LogP contribution is 2.28. The van der Waals surface area contributed by atoms with Gasteiger partial charge in [0, 0.05) is 26.5 Å². The van der Waals surface area contributed by atoms with Crippen LogP contribution in [-0.4, -0.2) is 51.9 Å². The number of anilines is 2. The van der Waals surface area contributed by atoms with Crippen LogP contribution in [0, 0.1) is 5.82 Å². The maximum Gasteiger partial charge on any atom is 0.267 e. The maximum absolute atomic E-state index is 13.4. The molecule has 1 amide bonds. The third-order valence-corrected chi connectivity index (χ3v) is 6.55. The van der Waals surface area contributed by atoms with Gasteiger partial charge in [-0.3, -0.25) is 4.79 Å². The lowest BCUT2D eigenvalue weighted by molar-refractivity contribution is 0.0819. The monoisotopic (exact) mass is 413 g/mol. The van der Waals surface area contributed by atoms with Crippen LogP contribution >= 0.6 is 11.3 Å². The van der Waals surface area contributed by atoms with Gasteiger partial charge in [0.15, 0.2) is 15.0 Å². The molecule has 0 saturated carbocycles. The molecular formula is C17H20FN3O4S2. The third kappa shape index (κ3) is 4.63. The first-order chi connectivity index (χ1) is 12.8. The van der Waals surface area contributed by atoms with Gasteiger partial charge in [-0.1, -0.05) is 11.3 Å². The first-order valence-corrected chi connectivity index (χ1v) is 11.0. The quantitative estimate of drug-likeness (QED) is 0.810. The molecule has 0 aliphatic carbocycles. The van der Waals surface area contributed by atoms with Crippen molar-refractivity contribution in [1.82, 2.24) is 4.98 Å². The van der Waals surface area contributed by atoms with Crippen LogP contribution in [0.1, 0.15) is 22.5 Å². The Bertz CT molecular complexity index is 937. The van der Waals surface area contributed by atoms with Gasteiger partial charge in [0.25, 0.3) is 5.91 Å². The van der Waals surface area contributed by atoms with Crippen LogP contribution in [-0.2, 0) is 14.6 Å². The van der Waals surface area contributed by atoms with Gasteiger partial charge >= 0.3 is 0 Å². The van der Waals surface area contributed by atoms with E-state index in [0.717, 1.165) is 49.5 Å². The molecule has 146 valence electrons. The lowest BCUT2D eigenvalue weighted by Gasteiger charge is -2.30. The van der Waals surface area contributed by atoms with Gasteiger partial charge in [-0.25, -0.2) is 17.8 Å². The van der Waals surface area contributed by atoms with Crippen molar-refractivity contribution in [2.24, 2.45) is 0 Å². The summed E-state index contributed by atoms with van der Waals surface area (Å²) < 4.78 is 42.4. The van der Waals surface area contributed by atoms with Crippen molar-refractivity contribution in [1.29, 1.82) is 0 Å². The van der Waals surface area contributed by atoms with E-state index in [9.17, 15) is 17.6 Å². The van der Waals surface area contributed by atoms with Gasteiger partial charge in [-0.15, -0.1) is 0 Å². The number of aromatic nitrogens is 1. The highest BCUT2D eigenvalue weighted by Gasteiger charge is 2.23. The Morgan fingerprint density at radius 3 is 2.70 bits per heavy atom. The fourth-order valence-electron chi connectivity index (χ4n) is 2.89. The number of halogens is 1. The second kappa shape index (κ2) is 7.91. The standard InChI is InChI=1S/C17H20FN3O4S2/c1-25-12-5-7-21(8-6-12)17-19-10-14(26-17)16(22)20-13-4-3-11(18)9-15(13)27(2,23)24/h3-4,9-10,12H,5-8H2,1-2H3,(H,20,22). The highest BCUT2D eigenvalue weighted by molar-refractivity contribution is 7.90. The van der Waals surface area contributed by atoms with E-state index in [4.69, 9.17) is 4.74 Å². The van der Waals surface area contributed by atoms with E-state index < -0.39 is 21.6 Å². The summed E-state index contributed by atoms with van der Waals surface area (Å²) in [7, 11) is -1.99. The molecule has 3 rings (SSSR count). The second-order valence-electron chi connectivity index (χ2n) is 6.30. The van der Waals surface area contributed by atoms with Crippen LogP contribution in [0.2, 0.25) is 0 Å². The molecule has 0 radical (unpaired) electrons.